The van der Waals surface area contributed by atoms with Crippen molar-refractivity contribution in [1.82, 2.24) is 0 Å². The fraction of sp³-hybridized carbons (Fsp3) is 0.455. The molecule has 0 heterocycles. The second kappa shape index (κ2) is 5.91. The first-order valence-electron chi connectivity index (χ1n) is 8.38. The third kappa shape index (κ3) is 2.49. The van der Waals surface area contributed by atoms with Crippen LogP contribution in [0, 0.1) is 10.8 Å². The highest BCUT2D eigenvalue weighted by molar-refractivity contribution is 5.44. The summed E-state index contributed by atoms with van der Waals surface area (Å²) >= 11 is 0. The minimum absolute atomic E-state index is 0.0305. The van der Waals surface area contributed by atoms with Gasteiger partial charge in [-0.2, -0.15) is 0 Å². The van der Waals surface area contributed by atoms with Gasteiger partial charge in [-0.05, 0) is 28.4 Å². The van der Waals surface area contributed by atoms with E-state index in [1.54, 1.807) is 0 Å². The molecule has 118 valence electrons. The van der Waals surface area contributed by atoms with Gasteiger partial charge < -0.3 is 0 Å². The molecular formula is C22H30. The fourth-order valence-electron chi connectivity index (χ4n) is 4.47. The van der Waals surface area contributed by atoms with E-state index in [9.17, 15) is 0 Å². The molecule has 0 atom stereocenters. The van der Waals surface area contributed by atoms with E-state index in [2.05, 4.69) is 102 Å². The van der Waals surface area contributed by atoms with Crippen LogP contribution in [0.2, 0.25) is 0 Å². The summed E-state index contributed by atoms with van der Waals surface area (Å²) in [4.78, 5) is 0. The third-order valence-electron chi connectivity index (χ3n) is 5.44. The normalized spacial score (nSPS) is 13.2. The van der Waals surface area contributed by atoms with Gasteiger partial charge in [0.2, 0.25) is 0 Å². The van der Waals surface area contributed by atoms with Gasteiger partial charge in [0.15, 0.2) is 0 Å². The van der Waals surface area contributed by atoms with E-state index in [1.165, 1.54) is 11.1 Å². The molecular weight excluding hydrogens is 264 g/mol. The van der Waals surface area contributed by atoms with Crippen LogP contribution >= 0.6 is 0 Å². The van der Waals surface area contributed by atoms with Crippen molar-refractivity contribution in [2.45, 2.75) is 53.4 Å². The van der Waals surface area contributed by atoms with Crippen molar-refractivity contribution in [2.75, 3.05) is 0 Å². The summed E-state index contributed by atoms with van der Waals surface area (Å²) in [6.45, 7) is 14.3. The topological polar surface area (TPSA) is 0 Å². The lowest BCUT2D eigenvalue weighted by atomic mass is 9.47. The molecule has 0 saturated heterocycles. The molecule has 0 heteroatoms. The first-order valence-corrected chi connectivity index (χ1v) is 8.38. The van der Waals surface area contributed by atoms with Crippen molar-refractivity contribution in [3.63, 3.8) is 0 Å². The smallest absolute Gasteiger partial charge is 0.0302 e. The SMILES string of the molecule is CCC(C)(C)C(c1ccccc1)(c1ccccc1)C(C)(C)C. The molecule has 0 aliphatic rings. The van der Waals surface area contributed by atoms with Crippen LogP contribution in [-0.2, 0) is 5.41 Å². The summed E-state index contributed by atoms with van der Waals surface area (Å²) in [5.74, 6) is 0. The van der Waals surface area contributed by atoms with E-state index in [4.69, 9.17) is 0 Å². The predicted molar refractivity (Wildman–Crippen MR) is 97.2 cm³/mol. The lowest BCUT2D eigenvalue weighted by Crippen LogP contribution is -2.52. The third-order valence-corrected chi connectivity index (χ3v) is 5.44. The summed E-state index contributed by atoms with van der Waals surface area (Å²) in [5, 5.41) is 0. The molecule has 0 aromatic heterocycles. The second-order valence-electron chi connectivity index (χ2n) is 7.97. The Kier molecular flexibility index (Phi) is 4.52. The molecule has 0 amide bonds. The van der Waals surface area contributed by atoms with Gasteiger partial charge in [-0.25, -0.2) is 0 Å². The molecule has 0 saturated carbocycles. The van der Waals surface area contributed by atoms with Crippen LogP contribution in [0.25, 0.3) is 0 Å². The Morgan fingerprint density at radius 3 is 1.27 bits per heavy atom. The zero-order valence-electron chi connectivity index (χ0n) is 15.0. The predicted octanol–water partition coefficient (Wildman–Crippen LogP) is 6.46. The highest BCUT2D eigenvalue weighted by atomic mass is 14.6. The highest BCUT2D eigenvalue weighted by Crippen LogP contribution is 2.58. The molecule has 0 N–H and O–H groups in total. The molecule has 0 bridgehead atoms. The van der Waals surface area contributed by atoms with E-state index in [1.807, 2.05) is 0 Å². The molecule has 0 nitrogen and oxygen atoms in total. The Morgan fingerprint density at radius 1 is 0.636 bits per heavy atom. The lowest BCUT2D eigenvalue weighted by molar-refractivity contribution is 0.0715. The first-order chi connectivity index (χ1) is 10.3. The molecule has 0 aliphatic carbocycles. The van der Waals surface area contributed by atoms with Gasteiger partial charge in [0.05, 0.1) is 0 Å². The number of benzene rings is 2. The molecule has 2 rings (SSSR count). The molecule has 0 fully saturated rings. The van der Waals surface area contributed by atoms with Crippen LogP contribution < -0.4 is 0 Å². The monoisotopic (exact) mass is 294 g/mol. The standard InChI is InChI=1S/C22H30/c1-7-21(5,6)22(20(2,3)4,18-14-10-8-11-15-18)19-16-12-9-13-17-19/h8-17H,7H2,1-6H3. The molecule has 0 aliphatic heterocycles. The zero-order chi connectivity index (χ0) is 16.4. The fourth-order valence-corrected chi connectivity index (χ4v) is 4.47. The van der Waals surface area contributed by atoms with Gasteiger partial charge in [0.25, 0.3) is 0 Å². The van der Waals surface area contributed by atoms with Gasteiger partial charge >= 0.3 is 0 Å². The number of hydrogen-bond donors (Lipinski definition) is 0. The minimum Gasteiger partial charge on any atom is -0.0648 e. The van der Waals surface area contributed by atoms with Crippen molar-refractivity contribution in [2.24, 2.45) is 10.8 Å². The highest BCUT2D eigenvalue weighted by Gasteiger charge is 2.53. The molecule has 0 unspecified atom stereocenters. The molecule has 22 heavy (non-hydrogen) atoms. The maximum absolute atomic E-state index is 2.41. The van der Waals surface area contributed by atoms with E-state index in [-0.39, 0.29) is 16.2 Å². The summed E-state index contributed by atoms with van der Waals surface area (Å²) < 4.78 is 0. The van der Waals surface area contributed by atoms with E-state index >= 15 is 0 Å². The largest absolute Gasteiger partial charge is 0.0648 e. The molecule has 2 aromatic rings. The summed E-state index contributed by atoms with van der Waals surface area (Å²) in [6.07, 6.45) is 1.13. The maximum atomic E-state index is 2.41. The Labute approximate surface area is 136 Å². The van der Waals surface area contributed by atoms with Crippen LogP contribution in [0.1, 0.15) is 59.1 Å². The summed E-state index contributed by atoms with van der Waals surface area (Å²) in [6, 6.07) is 22.1. The Morgan fingerprint density at radius 2 is 1.00 bits per heavy atom. The second-order valence-corrected chi connectivity index (χ2v) is 7.97. The Bertz CT molecular complexity index is 545. The molecule has 0 spiro atoms. The number of rotatable bonds is 4. The molecule has 2 aromatic carbocycles. The van der Waals surface area contributed by atoms with Gasteiger partial charge in [-0.3, -0.25) is 0 Å². The van der Waals surface area contributed by atoms with Crippen LogP contribution in [0.3, 0.4) is 0 Å². The lowest BCUT2D eigenvalue weighted by Gasteiger charge is -2.56. The van der Waals surface area contributed by atoms with Crippen LogP contribution in [0.4, 0.5) is 0 Å². The van der Waals surface area contributed by atoms with Crippen LogP contribution in [-0.4, -0.2) is 0 Å². The van der Waals surface area contributed by atoms with E-state index < -0.39 is 0 Å². The quantitative estimate of drug-likeness (QED) is 0.607. The summed E-state index contributed by atoms with van der Waals surface area (Å²) in [7, 11) is 0. The van der Waals surface area contributed by atoms with Crippen molar-refractivity contribution >= 4 is 0 Å². The van der Waals surface area contributed by atoms with Crippen molar-refractivity contribution in [1.29, 1.82) is 0 Å². The summed E-state index contributed by atoms with van der Waals surface area (Å²) in [5.41, 5.74) is 3.06. The number of hydrogen-bond acceptors (Lipinski definition) is 0. The molecule has 0 radical (unpaired) electrons. The average molecular weight is 294 g/mol. The van der Waals surface area contributed by atoms with E-state index in [0.717, 1.165) is 6.42 Å². The van der Waals surface area contributed by atoms with Gasteiger partial charge in [0.1, 0.15) is 0 Å². The zero-order valence-corrected chi connectivity index (χ0v) is 15.0. The minimum atomic E-state index is -0.0305. The maximum Gasteiger partial charge on any atom is 0.0302 e. The van der Waals surface area contributed by atoms with E-state index in [0.29, 0.717) is 0 Å². The Hall–Kier alpha value is -1.56. The van der Waals surface area contributed by atoms with Crippen molar-refractivity contribution < 1.29 is 0 Å². The van der Waals surface area contributed by atoms with Crippen molar-refractivity contribution in [3.05, 3.63) is 71.8 Å². The van der Waals surface area contributed by atoms with Crippen molar-refractivity contribution in [3.8, 4) is 0 Å². The van der Waals surface area contributed by atoms with Gasteiger partial charge in [-0.15, -0.1) is 0 Å². The van der Waals surface area contributed by atoms with Crippen LogP contribution in [0.15, 0.2) is 60.7 Å². The Balaban J connectivity index is 2.89. The van der Waals surface area contributed by atoms with Gasteiger partial charge in [-0.1, -0.05) is 102 Å². The first kappa shape index (κ1) is 16.8. The van der Waals surface area contributed by atoms with Crippen LogP contribution in [0.5, 0.6) is 0 Å². The van der Waals surface area contributed by atoms with Gasteiger partial charge in [0, 0.05) is 5.41 Å². The average Bonchev–Trinajstić information content (AvgIpc) is 2.48.